The van der Waals surface area contributed by atoms with Gasteiger partial charge in [0.15, 0.2) is 0 Å². The van der Waals surface area contributed by atoms with Crippen molar-refractivity contribution in [3.05, 3.63) is 27.7 Å². The molecule has 112 valence electrons. The molecule has 1 aliphatic heterocycles. The Labute approximate surface area is 139 Å². The summed E-state index contributed by atoms with van der Waals surface area (Å²) >= 11 is 13.8. The summed E-state index contributed by atoms with van der Waals surface area (Å²) in [7, 11) is 0. The van der Waals surface area contributed by atoms with E-state index in [1.807, 2.05) is 18.1 Å². The summed E-state index contributed by atoms with van der Waals surface area (Å²) < 4.78 is 0. The highest BCUT2D eigenvalue weighted by molar-refractivity contribution is 7.98. The van der Waals surface area contributed by atoms with Crippen molar-refractivity contribution >= 4 is 53.3 Å². The van der Waals surface area contributed by atoms with Crippen LogP contribution in [0.25, 0.3) is 0 Å². The Kier molecular flexibility index (Phi) is 6.95. The second kappa shape index (κ2) is 7.76. The third kappa shape index (κ3) is 3.74. The number of benzene rings is 1. The number of halogens is 3. The van der Waals surface area contributed by atoms with E-state index in [2.05, 4.69) is 5.32 Å². The number of nitrogens with zero attached hydrogens (tertiary/aromatic N) is 1. The molecule has 20 heavy (non-hydrogen) atoms. The first kappa shape index (κ1) is 17.9. The van der Waals surface area contributed by atoms with E-state index in [9.17, 15) is 4.79 Å². The lowest BCUT2D eigenvalue weighted by Gasteiger charge is -2.34. The molecule has 1 amide bonds. The van der Waals surface area contributed by atoms with E-state index in [0.717, 1.165) is 18.0 Å². The van der Waals surface area contributed by atoms with Gasteiger partial charge in [-0.25, -0.2) is 0 Å². The second-order valence-electron chi connectivity index (χ2n) is 4.52. The Morgan fingerprint density at radius 2 is 2.10 bits per heavy atom. The van der Waals surface area contributed by atoms with Gasteiger partial charge in [-0.05, 0) is 25.3 Å². The molecule has 0 unspecified atom stereocenters. The maximum atomic E-state index is 12.6. The summed E-state index contributed by atoms with van der Waals surface area (Å²) in [6.07, 6.45) is 1.93. The monoisotopic (exact) mass is 354 g/mol. The zero-order valence-electron chi connectivity index (χ0n) is 11.3. The lowest BCUT2D eigenvalue weighted by Crippen LogP contribution is -2.52. The van der Waals surface area contributed by atoms with E-state index in [1.54, 1.807) is 12.1 Å². The number of carbonyl (C=O) groups excluding carboxylic acids is 1. The number of rotatable bonds is 2. The molecular weight excluding hydrogens is 339 g/mol. The van der Waals surface area contributed by atoms with Gasteiger partial charge in [0.2, 0.25) is 0 Å². The highest BCUT2D eigenvalue weighted by Gasteiger charge is 2.26. The van der Waals surface area contributed by atoms with Crippen LogP contribution in [0.1, 0.15) is 17.3 Å². The van der Waals surface area contributed by atoms with Gasteiger partial charge in [-0.3, -0.25) is 4.79 Å². The minimum Gasteiger partial charge on any atom is -0.333 e. The van der Waals surface area contributed by atoms with Crippen LogP contribution < -0.4 is 5.32 Å². The Balaban J connectivity index is 0.00000200. The van der Waals surface area contributed by atoms with Gasteiger partial charge in [-0.2, -0.15) is 0 Å². The zero-order valence-corrected chi connectivity index (χ0v) is 14.4. The van der Waals surface area contributed by atoms with Gasteiger partial charge in [0.25, 0.3) is 5.91 Å². The molecule has 0 spiro atoms. The van der Waals surface area contributed by atoms with Gasteiger partial charge in [-0.15, -0.1) is 24.2 Å². The fourth-order valence-electron chi connectivity index (χ4n) is 2.15. The molecular formula is C13H17Cl3N2OS. The molecule has 3 nitrogen and oxygen atoms in total. The van der Waals surface area contributed by atoms with Crippen LogP contribution in [0.15, 0.2) is 17.0 Å². The van der Waals surface area contributed by atoms with Crippen LogP contribution in [0.3, 0.4) is 0 Å². The van der Waals surface area contributed by atoms with Crippen molar-refractivity contribution in [3.63, 3.8) is 0 Å². The van der Waals surface area contributed by atoms with Gasteiger partial charge in [0.05, 0.1) is 15.6 Å². The average Bonchev–Trinajstić information content (AvgIpc) is 2.39. The molecule has 7 heteroatoms. The molecule has 0 aromatic heterocycles. The summed E-state index contributed by atoms with van der Waals surface area (Å²) in [5.41, 5.74) is 0.532. The number of hydrogen-bond acceptors (Lipinski definition) is 3. The van der Waals surface area contributed by atoms with Crippen molar-refractivity contribution in [2.75, 3.05) is 25.9 Å². The van der Waals surface area contributed by atoms with Gasteiger partial charge in [0.1, 0.15) is 0 Å². The van der Waals surface area contributed by atoms with E-state index in [0.29, 0.717) is 22.2 Å². The standard InChI is InChI=1S/C13H16Cl2N2OS.ClH/c1-8-7-16-3-4-17(8)13(18)9-5-12(19-2)11(15)6-10(9)14;/h5-6,8,16H,3-4,7H2,1-2H3;1H/t8-;/m1./s1. The molecule has 0 radical (unpaired) electrons. The topological polar surface area (TPSA) is 32.3 Å². The van der Waals surface area contributed by atoms with Crippen LogP contribution in [0, 0.1) is 0 Å². The summed E-state index contributed by atoms with van der Waals surface area (Å²) in [5, 5.41) is 4.27. The van der Waals surface area contributed by atoms with E-state index >= 15 is 0 Å². The van der Waals surface area contributed by atoms with E-state index < -0.39 is 0 Å². The SMILES string of the molecule is CSc1cc(C(=O)N2CCNC[C@H]2C)c(Cl)cc1Cl.Cl. The third-order valence-corrected chi connectivity index (χ3v) is 4.75. The Bertz CT molecular complexity index is 499. The predicted octanol–water partition coefficient (Wildman–Crippen LogP) is 3.57. The summed E-state index contributed by atoms with van der Waals surface area (Å²) in [5.74, 6) is -0.0223. The molecule has 0 aliphatic carbocycles. The molecule has 0 bridgehead atoms. The lowest BCUT2D eigenvalue weighted by atomic mass is 10.1. The number of piperazine rings is 1. The van der Waals surface area contributed by atoms with Crippen LogP contribution in [0.5, 0.6) is 0 Å². The van der Waals surface area contributed by atoms with Crippen molar-refractivity contribution in [3.8, 4) is 0 Å². The molecule has 1 aliphatic rings. The molecule has 1 saturated heterocycles. The van der Waals surface area contributed by atoms with Crippen LogP contribution in [-0.4, -0.2) is 42.7 Å². The molecule has 1 atom stereocenters. The largest absolute Gasteiger partial charge is 0.333 e. The number of amides is 1. The molecule has 1 aromatic carbocycles. The highest BCUT2D eigenvalue weighted by Crippen LogP contribution is 2.32. The van der Waals surface area contributed by atoms with Crippen LogP contribution >= 0.6 is 47.4 Å². The van der Waals surface area contributed by atoms with Crippen LogP contribution in [0.2, 0.25) is 10.0 Å². The van der Waals surface area contributed by atoms with Crippen LogP contribution in [0.4, 0.5) is 0 Å². The molecule has 1 fully saturated rings. The number of carbonyl (C=O) groups is 1. The fourth-order valence-corrected chi connectivity index (χ4v) is 3.33. The zero-order chi connectivity index (χ0) is 14.0. The van der Waals surface area contributed by atoms with Crippen molar-refractivity contribution < 1.29 is 4.79 Å². The summed E-state index contributed by atoms with van der Waals surface area (Å²) in [4.78, 5) is 15.3. The molecule has 1 aromatic rings. The summed E-state index contributed by atoms with van der Waals surface area (Å²) in [6, 6.07) is 3.60. The van der Waals surface area contributed by atoms with E-state index in [1.165, 1.54) is 11.8 Å². The maximum Gasteiger partial charge on any atom is 0.255 e. The van der Waals surface area contributed by atoms with E-state index in [4.69, 9.17) is 23.2 Å². The number of nitrogens with one attached hydrogen (secondary N) is 1. The average molecular weight is 356 g/mol. The van der Waals surface area contributed by atoms with Gasteiger partial charge < -0.3 is 10.2 Å². The Morgan fingerprint density at radius 3 is 2.70 bits per heavy atom. The normalized spacial score (nSPS) is 18.6. The van der Waals surface area contributed by atoms with Crippen molar-refractivity contribution in [1.82, 2.24) is 10.2 Å². The second-order valence-corrected chi connectivity index (χ2v) is 6.18. The van der Waals surface area contributed by atoms with Crippen LogP contribution in [-0.2, 0) is 0 Å². The molecule has 0 saturated carbocycles. The summed E-state index contributed by atoms with van der Waals surface area (Å²) in [6.45, 7) is 4.36. The Morgan fingerprint density at radius 1 is 1.40 bits per heavy atom. The number of hydrogen-bond donors (Lipinski definition) is 1. The van der Waals surface area contributed by atoms with E-state index in [-0.39, 0.29) is 24.4 Å². The first-order valence-corrected chi connectivity index (χ1v) is 8.07. The van der Waals surface area contributed by atoms with Crippen molar-refractivity contribution in [2.45, 2.75) is 17.9 Å². The molecule has 1 N–H and O–H groups in total. The predicted molar refractivity (Wildman–Crippen MR) is 88.9 cm³/mol. The lowest BCUT2D eigenvalue weighted by molar-refractivity contribution is 0.0655. The first-order valence-electron chi connectivity index (χ1n) is 6.09. The maximum absolute atomic E-state index is 12.6. The van der Waals surface area contributed by atoms with Gasteiger partial charge in [0, 0.05) is 30.6 Å². The molecule has 2 rings (SSSR count). The smallest absolute Gasteiger partial charge is 0.255 e. The quantitative estimate of drug-likeness (QED) is 0.823. The fraction of sp³-hybridized carbons (Fsp3) is 0.462. The molecule has 1 heterocycles. The highest BCUT2D eigenvalue weighted by atomic mass is 35.5. The first-order chi connectivity index (χ1) is 9.04. The number of thioether (sulfide) groups is 1. The third-order valence-electron chi connectivity index (χ3n) is 3.23. The van der Waals surface area contributed by atoms with Crippen molar-refractivity contribution in [1.29, 1.82) is 0 Å². The minimum atomic E-state index is -0.0223. The Hall–Kier alpha value is -0.130. The minimum absolute atomic E-state index is 0. The van der Waals surface area contributed by atoms with Crippen molar-refractivity contribution in [2.24, 2.45) is 0 Å². The van der Waals surface area contributed by atoms with Gasteiger partial charge in [-0.1, -0.05) is 23.2 Å². The van der Waals surface area contributed by atoms with Gasteiger partial charge >= 0.3 is 0 Å².